The molecule has 3 unspecified atom stereocenters. The fraction of sp³-hybridized carbons (Fsp3) is 0.667. The minimum absolute atomic E-state index is 0. The van der Waals surface area contributed by atoms with Crippen LogP contribution in [0, 0.1) is 0 Å². The quantitative estimate of drug-likeness (QED) is 0.250. The van der Waals surface area contributed by atoms with E-state index in [0.29, 0.717) is 0 Å². The monoisotopic (exact) mass is 339 g/mol. The Morgan fingerprint density at radius 3 is 0.818 bits per heavy atom. The number of nitrogens with two attached hydrogens (primary N) is 3. The molecule has 0 aromatic rings. The maximum atomic E-state index is 9.70. The molecule has 0 saturated heterocycles. The molecule has 3 atom stereocenters. The van der Waals surface area contributed by atoms with Crippen LogP contribution in [0.15, 0.2) is 0 Å². The van der Waals surface area contributed by atoms with Crippen molar-refractivity contribution >= 4 is 35.1 Å². The van der Waals surface area contributed by atoms with E-state index < -0.39 is 55.9 Å². The first-order valence-corrected chi connectivity index (χ1v) is 5.21. The zero-order valence-electron chi connectivity index (χ0n) is 11.5. The minimum atomic E-state index is -1.51. The summed E-state index contributed by atoms with van der Waals surface area (Å²) < 4.78 is 0. The summed E-state index contributed by atoms with van der Waals surface area (Å²) in [5.74, 6) is -2.89. The molecule has 0 aliphatic carbocycles. The van der Waals surface area contributed by atoms with Crippen LogP contribution < -0.4 is 32.5 Å². The molecule has 0 aromatic carbocycles. The Hall–Kier alpha value is -1.30. The molecule has 13 heteroatoms. The van der Waals surface area contributed by atoms with Gasteiger partial charge in [-0.2, -0.15) is 0 Å². The molecule has 0 bridgehead atoms. The van der Waals surface area contributed by atoms with Gasteiger partial charge in [-0.15, -0.1) is 19.8 Å². The van der Waals surface area contributed by atoms with Gasteiger partial charge in [0.2, 0.25) is 17.7 Å². The summed E-state index contributed by atoms with van der Waals surface area (Å²) >= 11 is 0. The third-order valence-electron chi connectivity index (χ3n) is 1.46. The van der Waals surface area contributed by atoms with Crippen LogP contribution in [-0.2, 0) is 14.4 Å². The summed E-state index contributed by atoms with van der Waals surface area (Å²) in [5, 5.41) is 53.0. The number of primary amides is 3. The number of hydrogen-bond donors (Lipinski definition) is 6. The van der Waals surface area contributed by atoms with Crippen molar-refractivity contribution in [3.05, 3.63) is 0 Å². The average Bonchev–Trinajstić information content (AvgIpc) is 2.45. The fourth-order valence-electron chi connectivity index (χ4n) is 0.246. The number of amides is 3. The van der Waals surface area contributed by atoms with Gasteiger partial charge in [-0.3, -0.25) is 14.4 Å². The summed E-state index contributed by atoms with van der Waals surface area (Å²) in [6.07, 6.45) is -4.54. The van der Waals surface area contributed by atoms with E-state index in [1.165, 1.54) is 0 Å². The summed E-state index contributed by atoms with van der Waals surface area (Å²) in [5.41, 5.74) is 13.4. The van der Waals surface area contributed by atoms with Gasteiger partial charge >= 0.3 is 17.4 Å². The normalized spacial score (nSPS) is 12.8. The smallest absolute Gasteiger partial charge is 0.852 e. The second-order valence-corrected chi connectivity index (χ2v) is 3.25. The molecule has 22 heavy (non-hydrogen) atoms. The Morgan fingerprint density at radius 1 is 0.682 bits per heavy atom. The Labute approximate surface area is 136 Å². The van der Waals surface area contributed by atoms with Gasteiger partial charge in [0.1, 0.15) is 18.3 Å². The van der Waals surface area contributed by atoms with E-state index in [9.17, 15) is 29.7 Å². The minimum Gasteiger partial charge on any atom is -0.852 e. The first-order chi connectivity index (χ1) is 9.54. The zero-order chi connectivity index (χ0) is 17.6. The van der Waals surface area contributed by atoms with Gasteiger partial charge < -0.3 is 47.8 Å². The van der Waals surface area contributed by atoms with Gasteiger partial charge in [0.25, 0.3) is 0 Å². The molecule has 0 radical (unpaired) electrons. The zero-order valence-corrected chi connectivity index (χ0v) is 12.6. The number of carbonyl (C=O) groups excluding carboxylic acids is 3. The molecule has 0 aliphatic rings. The van der Waals surface area contributed by atoms with E-state index >= 15 is 0 Å². The van der Waals surface area contributed by atoms with E-state index in [1.54, 1.807) is 0 Å². The van der Waals surface area contributed by atoms with Crippen LogP contribution in [0.25, 0.3) is 0 Å². The van der Waals surface area contributed by atoms with Gasteiger partial charge in [-0.05, 0) is 0 Å². The van der Waals surface area contributed by atoms with Crippen LogP contribution in [-0.4, -0.2) is 88.5 Å². The third kappa shape index (κ3) is 21.0. The van der Waals surface area contributed by atoms with Gasteiger partial charge in [0.15, 0.2) is 0 Å². The molecule has 126 valence electrons. The van der Waals surface area contributed by atoms with Crippen molar-refractivity contribution < 1.29 is 45.0 Å². The largest absolute Gasteiger partial charge is 3.00 e. The maximum absolute atomic E-state index is 9.70. The second kappa shape index (κ2) is 17.8. The van der Waals surface area contributed by atoms with Gasteiger partial charge in [-0.25, -0.2) is 0 Å². The molecular formula is C9H18AlN3O9. The van der Waals surface area contributed by atoms with Crippen molar-refractivity contribution in [2.24, 2.45) is 17.2 Å². The van der Waals surface area contributed by atoms with Crippen LogP contribution in [0.1, 0.15) is 0 Å². The molecule has 0 aliphatic heterocycles. The molecule has 0 saturated carbocycles. The van der Waals surface area contributed by atoms with Crippen molar-refractivity contribution in [2.75, 3.05) is 19.8 Å². The van der Waals surface area contributed by atoms with Crippen LogP contribution in [0.4, 0.5) is 0 Å². The molecule has 0 spiro atoms. The maximum Gasteiger partial charge on any atom is 3.00 e. The van der Waals surface area contributed by atoms with E-state index in [1.807, 2.05) is 0 Å². The molecule has 0 aromatic heterocycles. The third-order valence-corrected chi connectivity index (χ3v) is 1.46. The van der Waals surface area contributed by atoms with Crippen LogP contribution in [0.5, 0.6) is 0 Å². The Morgan fingerprint density at radius 2 is 0.818 bits per heavy atom. The number of aliphatic hydroxyl groups excluding tert-OH is 3. The van der Waals surface area contributed by atoms with Crippen molar-refractivity contribution in [3.63, 3.8) is 0 Å². The first kappa shape index (κ1) is 28.8. The summed E-state index contributed by atoms with van der Waals surface area (Å²) in [4.78, 5) is 29.1. The molecule has 9 N–H and O–H groups in total. The van der Waals surface area contributed by atoms with Crippen molar-refractivity contribution in [1.82, 2.24) is 0 Å². The van der Waals surface area contributed by atoms with Gasteiger partial charge in [-0.1, -0.05) is 0 Å². The Kier molecular flexibility index (Phi) is 23.2. The number of hydrogen-bond acceptors (Lipinski definition) is 9. The summed E-state index contributed by atoms with van der Waals surface area (Å²) in [6.45, 7) is -2.56. The van der Waals surface area contributed by atoms with E-state index in [0.717, 1.165) is 0 Å². The molecule has 0 fully saturated rings. The second-order valence-electron chi connectivity index (χ2n) is 3.25. The average molecular weight is 339 g/mol. The van der Waals surface area contributed by atoms with Crippen molar-refractivity contribution in [2.45, 2.75) is 18.3 Å². The predicted molar refractivity (Wildman–Crippen MR) is 66.0 cm³/mol. The van der Waals surface area contributed by atoms with Crippen molar-refractivity contribution in [3.8, 4) is 0 Å². The number of aliphatic hydroxyl groups is 3. The van der Waals surface area contributed by atoms with E-state index in [-0.39, 0.29) is 17.4 Å². The van der Waals surface area contributed by atoms with Crippen LogP contribution in [0.3, 0.4) is 0 Å². The van der Waals surface area contributed by atoms with Gasteiger partial charge in [0, 0.05) is 0 Å². The van der Waals surface area contributed by atoms with Crippen molar-refractivity contribution in [1.29, 1.82) is 0 Å². The molecular weight excluding hydrogens is 321 g/mol. The first-order valence-electron chi connectivity index (χ1n) is 5.21. The molecule has 0 heterocycles. The molecule has 3 amide bonds. The standard InChI is InChI=1S/3C3H6NO3.Al/c3*4-3(7)2(6)1-5;/h3*2,6H,1H2,(H2,4,7);/q3*-1;+3. The fourth-order valence-corrected chi connectivity index (χ4v) is 0.246. The molecule has 12 nitrogen and oxygen atoms in total. The van der Waals surface area contributed by atoms with Gasteiger partial charge in [0.05, 0.1) is 0 Å². The topological polar surface area (TPSA) is 259 Å². The number of carbonyl (C=O) groups is 3. The number of rotatable bonds is 6. The SMILES string of the molecule is NC(=O)C(O)C[O-].NC(=O)C(O)C[O-].NC(=O)C(O)C[O-].[Al+3]. The Balaban J connectivity index is -0.000000108. The van der Waals surface area contributed by atoms with E-state index in [2.05, 4.69) is 17.2 Å². The Bertz CT molecular complexity index is 271. The summed E-state index contributed by atoms with van der Waals surface area (Å²) in [7, 11) is 0. The van der Waals surface area contributed by atoms with Crippen LogP contribution >= 0.6 is 0 Å². The predicted octanol–water partition coefficient (Wildman–Crippen LogP) is -8.80. The van der Waals surface area contributed by atoms with E-state index in [4.69, 9.17) is 15.3 Å². The summed E-state index contributed by atoms with van der Waals surface area (Å²) in [6, 6.07) is 0. The molecule has 0 rings (SSSR count). The van der Waals surface area contributed by atoms with Crippen LogP contribution in [0.2, 0.25) is 0 Å².